The van der Waals surface area contributed by atoms with Gasteiger partial charge in [0.25, 0.3) is 0 Å². The third kappa shape index (κ3) is 2.73. The maximum atomic E-state index is 10.9. The standard InChI is InChI=1S/C7H13IN2O2S/c1-12-6-5(13(2,3)8)4-9-7(11)10-6/h5H,4H2,1-3H3,(H,9,11). The highest BCUT2D eigenvalue weighted by molar-refractivity contribution is 14.2. The van der Waals surface area contributed by atoms with E-state index in [1.165, 1.54) is 0 Å². The Kier molecular flexibility index (Phi) is 3.44. The number of ether oxygens (including phenoxy) is 1. The second-order valence-electron chi connectivity index (χ2n) is 3.11. The molecule has 0 aromatic rings. The van der Waals surface area contributed by atoms with Crippen LogP contribution in [0.5, 0.6) is 0 Å². The molecular formula is C7H13IN2O2S. The van der Waals surface area contributed by atoms with Crippen LogP contribution in [0.4, 0.5) is 4.79 Å². The number of hydrogen-bond acceptors (Lipinski definition) is 2. The second kappa shape index (κ2) is 4.04. The summed E-state index contributed by atoms with van der Waals surface area (Å²) in [5, 5.41) is 2.94. The summed E-state index contributed by atoms with van der Waals surface area (Å²) in [6.07, 6.45) is 4.34. The fourth-order valence-corrected chi connectivity index (χ4v) is 3.39. The molecule has 76 valence electrons. The molecule has 6 heteroatoms. The van der Waals surface area contributed by atoms with Crippen molar-refractivity contribution in [2.75, 3.05) is 26.2 Å². The van der Waals surface area contributed by atoms with Gasteiger partial charge in [-0.05, 0) is 33.7 Å². The van der Waals surface area contributed by atoms with Gasteiger partial charge in [-0.15, -0.1) is 0 Å². The van der Waals surface area contributed by atoms with Crippen LogP contribution in [0.2, 0.25) is 0 Å². The number of nitrogens with zero attached hydrogens (tertiary/aromatic N) is 1. The summed E-state index contributed by atoms with van der Waals surface area (Å²) in [5.41, 5.74) is 0. The highest BCUT2D eigenvalue weighted by atomic mass is 127. The van der Waals surface area contributed by atoms with Crippen LogP contribution in [0.1, 0.15) is 0 Å². The maximum absolute atomic E-state index is 10.9. The Labute approximate surface area is 91.4 Å². The highest BCUT2D eigenvalue weighted by Crippen LogP contribution is 2.54. The first-order valence-electron chi connectivity index (χ1n) is 3.77. The van der Waals surface area contributed by atoms with Crippen LogP contribution in [0.3, 0.4) is 0 Å². The van der Waals surface area contributed by atoms with Gasteiger partial charge in [0.05, 0.1) is 12.4 Å². The average molecular weight is 316 g/mol. The van der Waals surface area contributed by atoms with Gasteiger partial charge in [-0.1, -0.05) is 0 Å². The predicted molar refractivity (Wildman–Crippen MR) is 65.1 cm³/mol. The molecule has 1 atom stereocenters. The third-order valence-corrected chi connectivity index (χ3v) is 5.37. The first kappa shape index (κ1) is 11.1. The SMILES string of the molecule is COC1=NC(=O)NCC1S(C)(C)I. The van der Waals surface area contributed by atoms with Crippen molar-refractivity contribution in [1.82, 2.24) is 5.32 Å². The minimum Gasteiger partial charge on any atom is -0.483 e. The molecular weight excluding hydrogens is 303 g/mol. The van der Waals surface area contributed by atoms with Gasteiger partial charge in [-0.25, -0.2) is 4.79 Å². The zero-order valence-electron chi connectivity index (χ0n) is 7.83. The van der Waals surface area contributed by atoms with E-state index in [4.69, 9.17) is 4.74 Å². The van der Waals surface area contributed by atoms with Gasteiger partial charge in [-0.3, -0.25) is 0 Å². The van der Waals surface area contributed by atoms with E-state index < -0.39 is 7.20 Å². The van der Waals surface area contributed by atoms with Crippen LogP contribution in [0.15, 0.2) is 4.99 Å². The number of hydrogen-bond donors (Lipinski definition) is 1. The van der Waals surface area contributed by atoms with Crippen molar-refractivity contribution in [2.45, 2.75) is 5.25 Å². The smallest absolute Gasteiger partial charge is 0.344 e. The van der Waals surface area contributed by atoms with E-state index in [2.05, 4.69) is 44.0 Å². The van der Waals surface area contributed by atoms with Crippen LogP contribution in [0, 0.1) is 0 Å². The lowest BCUT2D eigenvalue weighted by Gasteiger charge is -2.35. The van der Waals surface area contributed by atoms with E-state index in [1.54, 1.807) is 7.11 Å². The topological polar surface area (TPSA) is 50.7 Å². The molecule has 4 nitrogen and oxygen atoms in total. The number of rotatable bonds is 1. The largest absolute Gasteiger partial charge is 0.483 e. The van der Waals surface area contributed by atoms with Gasteiger partial charge < -0.3 is 10.1 Å². The zero-order chi connectivity index (χ0) is 10.1. The van der Waals surface area contributed by atoms with Crippen molar-refractivity contribution in [3.05, 3.63) is 0 Å². The molecule has 0 saturated carbocycles. The Morgan fingerprint density at radius 2 is 2.31 bits per heavy atom. The molecule has 0 radical (unpaired) electrons. The maximum Gasteiger partial charge on any atom is 0.344 e. The minimum absolute atomic E-state index is 0.232. The van der Waals surface area contributed by atoms with Gasteiger partial charge in [0.15, 0.2) is 0 Å². The van der Waals surface area contributed by atoms with Crippen molar-refractivity contribution >= 4 is 40.3 Å². The summed E-state index contributed by atoms with van der Waals surface area (Å²) in [6, 6.07) is -0.298. The molecule has 0 spiro atoms. The summed E-state index contributed by atoms with van der Waals surface area (Å²) in [5.74, 6) is 0.568. The van der Waals surface area contributed by atoms with Gasteiger partial charge >= 0.3 is 6.03 Å². The number of amides is 2. The van der Waals surface area contributed by atoms with E-state index in [9.17, 15) is 4.79 Å². The molecule has 0 fully saturated rings. The normalized spacial score (nSPS) is 24.8. The lowest BCUT2D eigenvalue weighted by molar-refractivity contribution is 0.246. The lowest BCUT2D eigenvalue weighted by Crippen LogP contribution is -2.43. The number of carbonyl (C=O) groups excluding carboxylic acids is 1. The Morgan fingerprint density at radius 3 is 2.77 bits per heavy atom. The molecule has 1 aliphatic rings. The Balaban J connectivity index is 2.88. The Bertz CT molecular complexity index is 249. The molecule has 2 amide bonds. The van der Waals surface area contributed by atoms with Crippen molar-refractivity contribution in [2.24, 2.45) is 4.99 Å². The minimum atomic E-state index is -0.811. The number of aliphatic imine (C=N–C) groups is 1. The summed E-state index contributed by atoms with van der Waals surface area (Å²) < 4.78 is 5.11. The van der Waals surface area contributed by atoms with Crippen LogP contribution in [0.25, 0.3) is 0 Å². The predicted octanol–water partition coefficient (Wildman–Crippen LogP) is 1.54. The zero-order valence-corrected chi connectivity index (χ0v) is 10.8. The van der Waals surface area contributed by atoms with Crippen LogP contribution >= 0.6 is 28.4 Å². The van der Waals surface area contributed by atoms with E-state index in [0.29, 0.717) is 12.4 Å². The van der Waals surface area contributed by atoms with E-state index in [-0.39, 0.29) is 11.3 Å². The van der Waals surface area contributed by atoms with E-state index in [0.717, 1.165) is 0 Å². The first-order chi connectivity index (χ1) is 5.95. The summed E-state index contributed by atoms with van der Waals surface area (Å²) in [6.45, 7) is 0.636. The molecule has 0 aliphatic carbocycles. The van der Waals surface area contributed by atoms with Crippen LogP contribution in [-0.2, 0) is 4.74 Å². The first-order valence-corrected chi connectivity index (χ1v) is 8.83. The van der Waals surface area contributed by atoms with Gasteiger partial charge in [0.2, 0.25) is 5.90 Å². The lowest BCUT2D eigenvalue weighted by atomic mass is 10.4. The Hall–Kier alpha value is 0.0200. The molecule has 0 aromatic carbocycles. The molecule has 1 rings (SSSR count). The number of nitrogens with one attached hydrogen (secondary N) is 1. The average Bonchev–Trinajstić information content (AvgIpc) is 2.01. The second-order valence-corrected chi connectivity index (χ2v) is 13.0. The van der Waals surface area contributed by atoms with Crippen molar-refractivity contribution in [1.29, 1.82) is 0 Å². The van der Waals surface area contributed by atoms with Crippen LogP contribution in [-0.4, -0.2) is 43.3 Å². The molecule has 1 N–H and O–H groups in total. The highest BCUT2D eigenvalue weighted by Gasteiger charge is 2.32. The number of carbonyl (C=O) groups is 1. The van der Waals surface area contributed by atoms with Gasteiger partial charge in [-0.2, -0.15) is 12.2 Å². The molecule has 13 heavy (non-hydrogen) atoms. The summed E-state index contributed by atoms with van der Waals surface area (Å²) in [4.78, 5) is 14.7. The summed E-state index contributed by atoms with van der Waals surface area (Å²) in [7, 11) is 0.751. The van der Waals surface area contributed by atoms with E-state index >= 15 is 0 Å². The number of halogens is 1. The molecule has 0 aromatic heterocycles. The van der Waals surface area contributed by atoms with E-state index in [1.807, 2.05) is 0 Å². The fourth-order valence-electron chi connectivity index (χ4n) is 1.09. The van der Waals surface area contributed by atoms with Crippen molar-refractivity contribution < 1.29 is 9.53 Å². The van der Waals surface area contributed by atoms with Crippen molar-refractivity contribution in [3.8, 4) is 0 Å². The molecule has 0 bridgehead atoms. The molecule has 0 saturated heterocycles. The molecule has 1 aliphatic heterocycles. The molecule has 1 heterocycles. The van der Waals surface area contributed by atoms with Gasteiger partial charge in [0, 0.05) is 6.54 Å². The van der Waals surface area contributed by atoms with Gasteiger partial charge in [0.1, 0.15) is 0 Å². The quantitative estimate of drug-likeness (QED) is 0.746. The Morgan fingerprint density at radius 1 is 1.69 bits per heavy atom. The number of urea groups is 1. The molecule has 1 unspecified atom stereocenters. The van der Waals surface area contributed by atoms with Crippen molar-refractivity contribution in [3.63, 3.8) is 0 Å². The monoisotopic (exact) mass is 316 g/mol. The third-order valence-electron chi connectivity index (χ3n) is 1.81. The van der Waals surface area contributed by atoms with Crippen LogP contribution < -0.4 is 5.32 Å². The fraction of sp³-hybridized carbons (Fsp3) is 0.714. The number of methoxy groups -OCH3 is 1. The summed E-state index contributed by atoms with van der Waals surface area (Å²) >= 11 is 2.41.